The van der Waals surface area contributed by atoms with Crippen LogP contribution in [0.2, 0.25) is 0 Å². The van der Waals surface area contributed by atoms with E-state index in [1.807, 2.05) is 6.07 Å². The second-order valence-electron chi connectivity index (χ2n) is 1.48. The zero-order chi connectivity index (χ0) is 6.69. The molecule has 0 aromatic carbocycles. The molecule has 0 aliphatic carbocycles. The quantitative estimate of drug-likeness (QED) is 0.426. The molecule has 0 saturated heterocycles. The zero-order valence-electron chi connectivity index (χ0n) is 5.76. The van der Waals surface area contributed by atoms with Gasteiger partial charge in [0.2, 0.25) is 0 Å². The van der Waals surface area contributed by atoms with Crippen molar-refractivity contribution in [2.75, 3.05) is 0 Å². The van der Waals surface area contributed by atoms with Gasteiger partial charge in [-0.2, -0.15) is 0 Å². The predicted octanol–water partition coefficient (Wildman–Crippen LogP) is 0.666. The molecular weight excluding hydrogens is 1010 g/mol. The van der Waals surface area contributed by atoms with Gasteiger partial charge in [0.1, 0.15) is 0 Å². The van der Waals surface area contributed by atoms with Crippen molar-refractivity contribution in [3.8, 4) is 0 Å². The molecule has 12 heavy (non-hydrogen) atoms. The van der Waals surface area contributed by atoms with Crippen LogP contribution in [0.3, 0.4) is 0 Å². The summed E-state index contributed by atoms with van der Waals surface area (Å²) in [7, 11) is 0. The van der Waals surface area contributed by atoms with E-state index in [1.54, 1.807) is 6.26 Å². The van der Waals surface area contributed by atoms with Crippen molar-refractivity contribution in [2.24, 2.45) is 0 Å². The molecule has 0 bridgehead atoms. The molecule has 0 saturated carbocycles. The van der Waals surface area contributed by atoms with Crippen LogP contribution in [0.25, 0.3) is 0 Å². The maximum absolute atomic E-state index is 5.15. The normalized spacial score (nSPS) is 6.67. The minimum absolute atomic E-state index is 0. The number of hydrogen-bond acceptors (Lipinski definition) is 1. The minimum atomic E-state index is 0. The van der Waals surface area contributed by atoms with E-state index < -0.39 is 0 Å². The summed E-state index contributed by atoms with van der Waals surface area (Å²) in [5, 5.41) is 0. The summed E-state index contributed by atoms with van der Waals surface area (Å²) < 4.78 is 9.33. The van der Waals surface area contributed by atoms with E-state index in [9.17, 15) is 0 Å². The molecule has 0 fully saturated rings. The molecular formula is C6H4OW5. The van der Waals surface area contributed by atoms with Crippen molar-refractivity contribution >= 4 is 8.80 Å². The summed E-state index contributed by atoms with van der Waals surface area (Å²) in [5.74, 6) is 1.01. The van der Waals surface area contributed by atoms with Crippen LogP contribution in [-0.4, -0.2) is 8.80 Å². The Morgan fingerprint density at radius 3 is 2.00 bits per heavy atom. The summed E-state index contributed by atoms with van der Waals surface area (Å²) >= 11 is 2.89. The van der Waals surface area contributed by atoms with E-state index in [0.29, 0.717) is 0 Å². The van der Waals surface area contributed by atoms with Gasteiger partial charge in [-0.3, -0.25) is 0 Å². The van der Waals surface area contributed by atoms with Crippen LogP contribution in [0.1, 0.15) is 11.3 Å². The molecule has 64 valence electrons. The van der Waals surface area contributed by atoms with Gasteiger partial charge in [0.15, 0.2) is 0 Å². The Bertz CT molecular complexity index is 209. The van der Waals surface area contributed by atoms with Crippen LogP contribution in [0.5, 0.6) is 0 Å². The first-order valence-corrected chi connectivity index (χ1v) is 5.75. The fraction of sp³-hybridized carbons (Fsp3) is 0. The van der Waals surface area contributed by atoms with E-state index in [2.05, 4.69) is 8.80 Å². The van der Waals surface area contributed by atoms with Crippen LogP contribution in [0.4, 0.5) is 0 Å². The monoisotopic (exact) mass is 1010 g/mol. The first-order valence-electron chi connectivity index (χ1n) is 2.36. The number of rotatable bonds is 2. The Hall–Kier alpha value is 2.46. The third-order valence-corrected chi connectivity index (χ3v) is 2.64. The van der Waals surface area contributed by atoms with Crippen LogP contribution in [0, 0.1) is 0 Å². The summed E-state index contributed by atoms with van der Waals surface area (Å²) in [5.41, 5.74) is 1.22. The Kier molecular flexibility index (Phi) is 19.2. The number of furan rings is 1. The summed E-state index contributed by atoms with van der Waals surface area (Å²) in [6, 6.07) is 1.99. The average Bonchev–Trinajstić information content (AvgIpc) is 2.33. The van der Waals surface area contributed by atoms with Gasteiger partial charge in [-0.25, -0.2) is 0 Å². The van der Waals surface area contributed by atoms with Crippen molar-refractivity contribution in [3.63, 3.8) is 0 Å². The summed E-state index contributed by atoms with van der Waals surface area (Å²) in [6.45, 7) is 0. The molecule has 1 aromatic rings. The molecule has 0 spiro atoms. The molecule has 1 nitrogen and oxygen atoms in total. The third kappa shape index (κ3) is 6.04. The van der Waals surface area contributed by atoms with Crippen molar-refractivity contribution < 1.29 is 106 Å². The van der Waals surface area contributed by atoms with Crippen molar-refractivity contribution in [3.05, 3.63) is 23.7 Å². The molecule has 0 aliphatic heterocycles. The Morgan fingerprint density at radius 1 is 1.08 bits per heavy atom. The predicted molar refractivity (Wildman–Crippen MR) is 29.0 cm³/mol. The van der Waals surface area contributed by atoms with E-state index in [0.717, 1.165) is 5.76 Å². The van der Waals surface area contributed by atoms with Gasteiger partial charge in [0.25, 0.3) is 0 Å². The van der Waals surface area contributed by atoms with Crippen LogP contribution < -0.4 is 0 Å². The third-order valence-electron chi connectivity index (χ3n) is 0.961. The van der Waals surface area contributed by atoms with Gasteiger partial charge in [0.05, 0.1) is 0 Å². The fourth-order valence-electron chi connectivity index (χ4n) is 0.524. The first-order chi connectivity index (χ1) is 4.38. The molecule has 0 unspecified atom stereocenters. The summed E-state index contributed by atoms with van der Waals surface area (Å²) in [4.78, 5) is 0. The van der Waals surface area contributed by atoms with Gasteiger partial charge >= 0.3 is 75.6 Å². The average molecular weight is 1010 g/mol. The number of hydrogen-bond donors (Lipinski definition) is 0. The van der Waals surface area contributed by atoms with Crippen LogP contribution in [0.15, 0.2) is 16.7 Å². The fourth-order valence-corrected chi connectivity index (χ4v) is 1.91. The van der Waals surface area contributed by atoms with Crippen molar-refractivity contribution in [2.45, 2.75) is 0 Å². The van der Waals surface area contributed by atoms with E-state index in [-0.39, 0.29) is 63.2 Å². The Morgan fingerprint density at radius 2 is 1.67 bits per heavy atom. The van der Waals surface area contributed by atoms with Crippen molar-refractivity contribution in [1.29, 1.82) is 0 Å². The second-order valence-corrected chi connectivity index (χ2v) is 3.17. The Labute approximate surface area is 136 Å². The zero-order valence-corrected chi connectivity index (χ0v) is 20.4. The SMILES string of the molecule is [W].[W].[W].[W]=[CH]c1ccoc1[CH]=[W]. The molecule has 0 aliphatic rings. The Balaban J connectivity index is -0.000000270. The molecule has 6 heteroatoms. The van der Waals surface area contributed by atoms with E-state index >= 15 is 0 Å². The van der Waals surface area contributed by atoms with Gasteiger partial charge in [0, 0.05) is 63.2 Å². The van der Waals surface area contributed by atoms with Crippen molar-refractivity contribution in [1.82, 2.24) is 0 Å². The van der Waals surface area contributed by atoms with Crippen LogP contribution >= 0.6 is 0 Å². The van der Waals surface area contributed by atoms with E-state index in [1.165, 1.54) is 44.3 Å². The van der Waals surface area contributed by atoms with Gasteiger partial charge in [-0.15, -0.1) is 0 Å². The molecule has 1 aromatic heterocycles. The van der Waals surface area contributed by atoms with Gasteiger partial charge < -0.3 is 0 Å². The molecule has 0 amide bonds. The molecule has 1 heterocycles. The molecule has 1 rings (SSSR count). The van der Waals surface area contributed by atoms with E-state index in [4.69, 9.17) is 4.42 Å². The topological polar surface area (TPSA) is 13.1 Å². The summed E-state index contributed by atoms with van der Waals surface area (Å²) in [6.07, 6.45) is 1.73. The van der Waals surface area contributed by atoms with Crippen LogP contribution in [-0.2, 0) is 102 Å². The second kappa shape index (κ2) is 11.5. The standard InChI is InChI=1S/C6H4O.5W/c1-5-3-4-7-6(5)2;;;;;/h1-4H;;;;;. The molecule has 0 N–H and O–H groups in total. The van der Waals surface area contributed by atoms with Gasteiger partial charge in [-0.1, -0.05) is 0 Å². The van der Waals surface area contributed by atoms with Gasteiger partial charge in [-0.05, 0) is 0 Å². The first kappa shape index (κ1) is 19.9. The molecule has 0 radical (unpaired) electrons. The molecule has 0 atom stereocenters. The maximum atomic E-state index is 5.15.